The van der Waals surface area contributed by atoms with Crippen LogP contribution in [0.4, 0.5) is 0 Å². The Morgan fingerprint density at radius 2 is 2.18 bits per heavy atom. The average molecular weight is 228 g/mol. The van der Waals surface area contributed by atoms with Gasteiger partial charge in [0.15, 0.2) is 0 Å². The molecule has 1 aliphatic carbocycles. The Hall–Kier alpha value is -1.30. The Morgan fingerprint density at radius 3 is 2.71 bits per heavy atom. The van der Waals surface area contributed by atoms with Gasteiger partial charge in [-0.2, -0.15) is 0 Å². The van der Waals surface area contributed by atoms with Gasteiger partial charge in [-0.3, -0.25) is 0 Å². The Balaban J connectivity index is 2.92. The van der Waals surface area contributed by atoms with Gasteiger partial charge in [0.1, 0.15) is 0 Å². The maximum atomic E-state index is 4.04. The fraction of sp³-hybridized carbons (Fsp3) is 0.412. The van der Waals surface area contributed by atoms with E-state index in [1.807, 2.05) is 6.08 Å². The van der Waals surface area contributed by atoms with Gasteiger partial charge in [-0.1, -0.05) is 62.0 Å². The third-order valence-electron chi connectivity index (χ3n) is 3.24. The van der Waals surface area contributed by atoms with Crippen molar-refractivity contribution in [1.29, 1.82) is 0 Å². The van der Waals surface area contributed by atoms with Crippen molar-refractivity contribution in [3.63, 3.8) is 0 Å². The van der Waals surface area contributed by atoms with Crippen molar-refractivity contribution in [2.45, 2.75) is 40.0 Å². The molecule has 0 nitrogen and oxygen atoms in total. The molecule has 1 atom stereocenters. The van der Waals surface area contributed by atoms with E-state index >= 15 is 0 Å². The van der Waals surface area contributed by atoms with E-state index in [4.69, 9.17) is 0 Å². The number of hydrogen-bond acceptors (Lipinski definition) is 0. The van der Waals surface area contributed by atoms with Crippen molar-refractivity contribution in [1.82, 2.24) is 0 Å². The molecule has 1 aliphatic rings. The molecule has 0 bridgehead atoms. The summed E-state index contributed by atoms with van der Waals surface area (Å²) < 4.78 is 0. The number of allylic oxidation sites excluding steroid dienone is 8. The van der Waals surface area contributed by atoms with Gasteiger partial charge in [-0.25, -0.2) is 0 Å². The number of hydrogen-bond donors (Lipinski definition) is 0. The molecular weight excluding hydrogens is 204 g/mol. The maximum Gasteiger partial charge on any atom is 0.00152 e. The molecule has 0 radical (unpaired) electrons. The molecule has 0 aromatic heterocycles. The largest absolute Gasteiger partial charge is 0.0995 e. The molecule has 0 heteroatoms. The lowest BCUT2D eigenvalue weighted by Gasteiger charge is -2.20. The second-order valence-corrected chi connectivity index (χ2v) is 4.94. The topological polar surface area (TPSA) is 0 Å². The monoisotopic (exact) mass is 228 g/mol. The second-order valence-electron chi connectivity index (χ2n) is 4.94. The van der Waals surface area contributed by atoms with Crippen LogP contribution in [0.3, 0.4) is 0 Å². The summed E-state index contributed by atoms with van der Waals surface area (Å²) in [6.07, 6.45) is 12.2. The molecule has 0 spiro atoms. The maximum absolute atomic E-state index is 4.04. The quantitative estimate of drug-likeness (QED) is 0.555. The molecule has 0 aliphatic heterocycles. The van der Waals surface area contributed by atoms with Crippen LogP contribution in [0.15, 0.2) is 59.8 Å². The fourth-order valence-electron chi connectivity index (χ4n) is 2.16. The smallest absolute Gasteiger partial charge is 0.00152 e. The Kier molecular flexibility index (Phi) is 5.21. The van der Waals surface area contributed by atoms with Crippen molar-refractivity contribution in [2.24, 2.45) is 5.92 Å². The molecule has 0 aromatic rings. The lowest BCUT2D eigenvalue weighted by molar-refractivity contribution is 0.745. The fourth-order valence-corrected chi connectivity index (χ4v) is 2.16. The van der Waals surface area contributed by atoms with Crippen molar-refractivity contribution in [3.05, 3.63) is 59.8 Å². The summed E-state index contributed by atoms with van der Waals surface area (Å²) in [4.78, 5) is 0. The normalized spacial score (nSPS) is 20.6. The van der Waals surface area contributed by atoms with Gasteiger partial charge in [-0.05, 0) is 37.8 Å². The molecule has 1 rings (SSSR count). The highest BCUT2D eigenvalue weighted by molar-refractivity contribution is 5.45. The molecule has 0 heterocycles. The molecule has 0 N–H and O–H groups in total. The van der Waals surface area contributed by atoms with Crippen LogP contribution in [0.5, 0.6) is 0 Å². The summed E-state index contributed by atoms with van der Waals surface area (Å²) >= 11 is 0. The van der Waals surface area contributed by atoms with E-state index in [0.717, 1.165) is 6.42 Å². The van der Waals surface area contributed by atoms with Crippen LogP contribution in [-0.4, -0.2) is 0 Å². The summed E-state index contributed by atoms with van der Waals surface area (Å²) in [5.41, 5.74) is 5.34. The van der Waals surface area contributed by atoms with E-state index < -0.39 is 0 Å². The van der Waals surface area contributed by atoms with Crippen LogP contribution >= 0.6 is 0 Å². The summed E-state index contributed by atoms with van der Waals surface area (Å²) in [5.74, 6) is 0.478. The molecule has 1 unspecified atom stereocenters. The van der Waals surface area contributed by atoms with Gasteiger partial charge in [-0.15, -0.1) is 0 Å². The molecular formula is C17H24. The minimum absolute atomic E-state index is 0.478. The lowest BCUT2D eigenvalue weighted by atomic mass is 9.85. The molecule has 0 aromatic carbocycles. The van der Waals surface area contributed by atoms with Crippen LogP contribution in [0.25, 0.3) is 0 Å². The average Bonchev–Trinajstić information content (AvgIpc) is 2.29. The summed E-state index contributed by atoms with van der Waals surface area (Å²) in [6, 6.07) is 0. The standard InChI is InChI=1S/C17H24/c1-6-8-14(5)11-17-10-9-16(13(3)4)12-15(17)7-2/h7,9-11,16H,2-3,6,8,12H2,1,4-5H3/b14-11+. The first-order valence-corrected chi connectivity index (χ1v) is 6.44. The summed E-state index contributed by atoms with van der Waals surface area (Å²) in [5, 5.41) is 0. The zero-order chi connectivity index (χ0) is 12.8. The van der Waals surface area contributed by atoms with E-state index in [2.05, 4.69) is 52.2 Å². The third-order valence-corrected chi connectivity index (χ3v) is 3.24. The van der Waals surface area contributed by atoms with Gasteiger partial charge in [0.25, 0.3) is 0 Å². The number of rotatable bonds is 5. The Labute approximate surface area is 106 Å². The van der Waals surface area contributed by atoms with E-state index in [-0.39, 0.29) is 0 Å². The van der Waals surface area contributed by atoms with E-state index in [1.165, 1.54) is 35.1 Å². The van der Waals surface area contributed by atoms with E-state index in [1.54, 1.807) is 0 Å². The van der Waals surface area contributed by atoms with Gasteiger partial charge in [0.2, 0.25) is 0 Å². The SMILES string of the molecule is C=CC1=C(/C=C(\C)CCC)C=CC(C(=C)C)C1. The Morgan fingerprint density at radius 1 is 1.47 bits per heavy atom. The first-order valence-electron chi connectivity index (χ1n) is 6.44. The van der Waals surface area contributed by atoms with Crippen LogP contribution in [0.1, 0.15) is 40.0 Å². The minimum atomic E-state index is 0.478. The van der Waals surface area contributed by atoms with E-state index in [0.29, 0.717) is 5.92 Å². The predicted octanol–water partition coefficient (Wildman–Crippen LogP) is 5.37. The van der Waals surface area contributed by atoms with Crippen LogP contribution in [0.2, 0.25) is 0 Å². The summed E-state index contributed by atoms with van der Waals surface area (Å²) in [6.45, 7) is 14.5. The van der Waals surface area contributed by atoms with Gasteiger partial charge in [0, 0.05) is 5.92 Å². The van der Waals surface area contributed by atoms with Crippen molar-refractivity contribution in [2.75, 3.05) is 0 Å². The summed E-state index contributed by atoms with van der Waals surface area (Å²) in [7, 11) is 0. The molecule has 92 valence electrons. The first-order chi connectivity index (χ1) is 8.08. The first kappa shape index (κ1) is 13.8. The second kappa shape index (κ2) is 6.44. The third kappa shape index (κ3) is 3.89. The van der Waals surface area contributed by atoms with Crippen LogP contribution in [0, 0.1) is 5.92 Å². The highest BCUT2D eigenvalue weighted by atomic mass is 14.2. The zero-order valence-corrected chi connectivity index (χ0v) is 11.4. The predicted molar refractivity (Wildman–Crippen MR) is 77.9 cm³/mol. The van der Waals surface area contributed by atoms with Crippen LogP contribution < -0.4 is 0 Å². The van der Waals surface area contributed by atoms with Crippen molar-refractivity contribution >= 4 is 0 Å². The molecule has 0 amide bonds. The Bertz CT molecular complexity index is 388. The van der Waals surface area contributed by atoms with Gasteiger partial charge >= 0.3 is 0 Å². The van der Waals surface area contributed by atoms with Crippen molar-refractivity contribution in [3.8, 4) is 0 Å². The van der Waals surface area contributed by atoms with E-state index in [9.17, 15) is 0 Å². The molecule has 17 heavy (non-hydrogen) atoms. The molecule has 0 saturated heterocycles. The molecule has 0 saturated carbocycles. The highest BCUT2D eigenvalue weighted by Gasteiger charge is 2.13. The molecule has 0 fully saturated rings. The van der Waals surface area contributed by atoms with Gasteiger partial charge in [0.05, 0.1) is 0 Å². The lowest BCUT2D eigenvalue weighted by Crippen LogP contribution is -2.04. The minimum Gasteiger partial charge on any atom is -0.0995 e. The van der Waals surface area contributed by atoms with Crippen LogP contribution in [-0.2, 0) is 0 Å². The zero-order valence-electron chi connectivity index (χ0n) is 11.4. The van der Waals surface area contributed by atoms with Crippen molar-refractivity contribution < 1.29 is 0 Å². The van der Waals surface area contributed by atoms with Gasteiger partial charge < -0.3 is 0 Å². The highest BCUT2D eigenvalue weighted by Crippen LogP contribution is 2.29.